The molecule has 0 aliphatic heterocycles. The lowest BCUT2D eigenvalue weighted by molar-refractivity contribution is -0.122. The number of aromatic hydroxyl groups is 1. The summed E-state index contributed by atoms with van der Waals surface area (Å²) in [5, 5.41) is 13.6. The molecule has 1 aliphatic rings. The van der Waals surface area contributed by atoms with Gasteiger partial charge in [-0.25, -0.2) is 0 Å². The van der Waals surface area contributed by atoms with E-state index in [2.05, 4.69) is 126 Å². The zero-order valence-corrected chi connectivity index (χ0v) is 48.9. The fourth-order valence-corrected chi connectivity index (χ4v) is 7.42. The van der Waals surface area contributed by atoms with Gasteiger partial charge in [-0.05, 0) is 146 Å². The Hall–Kier alpha value is -4.14. The quantitative estimate of drug-likeness (QED) is 0.0805. The maximum atomic E-state index is 11.0. The monoisotopic (exact) mass is 976 g/mol. The van der Waals surface area contributed by atoms with Crippen molar-refractivity contribution >= 4 is 30.1 Å². The SMILES string of the molecule is C=O.CC.CC.CC(C(N)=O)C1CCCC1.CCC.CCC(C)(C)C/C(=C(\c1cccnc1C(C)OC)C(C)C)c1cc(-c2cc(O)cc(CCC=O)c2)ccc1C.CCC(C)C.CCCCCNC. The van der Waals surface area contributed by atoms with Gasteiger partial charge in [-0.2, -0.15) is 0 Å². The third-order valence-corrected chi connectivity index (χ3v) is 12.2. The summed E-state index contributed by atoms with van der Waals surface area (Å²) in [4.78, 5) is 34.4. The molecule has 3 aromatic rings. The number of carbonyl (C=O) groups is 3. The number of aromatic nitrogens is 1. The maximum Gasteiger partial charge on any atom is 0.220 e. The number of carbonyl (C=O) groups excluding carboxylic acids is 3. The first kappa shape index (κ1) is 72.4. The van der Waals surface area contributed by atoms with Crippen molar-refractivity contribution in [3.05, 3.63) is 82.7 Å². The molecule has 1 saturated carbocycles. The van der Waals surface area contributed by atoms with Crippen LogP contribution in [0.25, 0.3) is 22.3 Å². The number of phenolic OH excluding ortho intramolecular Hbond substituents is 1. The van der Waals surface area contributed by atoms with Gasteiger partial charge in [0.05, 0.1) is 11.8 Å². The smallest absolute Gasteiger partial charge is 0.220 e. The van der Waals surface area contributed by atoms with Gasteiger partial charge in [0.2, 0.25) is 5.91 Å². The van der Waals surface area contributed by atoms with Crippen LogP contribution >= 0.6 is 0 Å². The molecule has 70 heavy (non-hydrogen) atoms. The van der Waals surface area contributed by atoms with Crippen LogP contribution < -0.4 is 11.1 Å². The van der Waals surface area contributed by atoms with Gasteiger partial charge < -0.3 is 30.5 Å². The number of nitrogens with one attached hydrogen (secondary N) is 1. The first-order valence-corrected chi connectivity index (χ1v) is 27.1. The molecule has 0 spiro atoms. The van der Waals surface area contributed by atoms with Crippen molar-refractivity contribution in [2.24, 2.45) is 34.8 Å². The van der Waals surface area contributed by atoms with E-state index in [1.165, 1.54) is 86.6 Å². The van der Waals surface area contributed by atoms with Gasteiger partial charge in [0, 0.05) is 31.2 Å². The number of unbranched alkanes of at least 4 members (excludes halogenated alkanes) is 2. The van der Waals surface area contributed by atoms with Crippen LogP contribution in [0.3, 0.4) is 0 Å². The molecule has 1 amide bonds. The summed E-state index contributed by atoms with van der Waals surface area (Å²) in [6.07, 6.45) is 17.2. The number of benzene rings is 2. The minimum Gasteiger partial charge on any atom is -0.508 e. The molecular weight excluding hydrogens is 867 g/mol. The molecule has 0 saturated heterocycles. The molecule has 402 valence electrons. The largest absolute Gasteiger partial charge is 0.508 e. The minimum absolute atomic E-state index is 0.0974. The molecule has 4 rings (SSSR count). The Bertz CT molecular complexity index is 1770. The van der Waals surface area contributed by atoms with E-state index in [1.54, 1.807) is 19.2 Å². The standard InChI is InChI=1S/C35H45NO3.C8H15NO.C6H15N.C5H12.C3H8.2C2H6.CH2O/c1-9-35(6,7)22-32(33(23(2)3)30-13-10-16-36-34(30)25(5)39-8)31-21-27(15-14-24(31)4)28-18-26(12-11-17-37)19-29(38)20-28;1-6(8(9)10)7-4-2-3-5-7;1-3-4-5-6-7-2;1-4-5(2)3;1-3-2;3*1-2/h10,13-21,23,25,38H,9,11-12,22H2,1-8H3;6-7H,2-5H2,1H3,(H2,9,10);7H,3-6H2,1-2H3;5H,4H2,1-3H3;3H2,1-2H3;2*1-2H3;1H2/b33-32+;;;;;;;. The van der Waals surface area contributed by atoms with E-state index >= 15 is 0 Å². The lowest BCUT2D eigenvalue weighted by Crippen LogP contribution is -2.25. The third kappa shape index (κ3) is 30.6. The molecular formula is C62H109N3O5. The molecule has 2 aromatic carbocycles. The maximum absolute atomic E-state index is 11.0. The van der Waals surface area contributed by atoms with Gasteiger partial charge in [0.15, 0.2) is 0 Å². The Labute approximate surface area is 432 Å². The Morgan fingerprint density at radius 2 is 1.47 bits per heavy atom. The summed E-state index contributed by atoms with van der Waals surface area (Å²) >= 11 is 0. The van der Waals surface area contributed by atoms with Gasteiger partial charge in [0.25, 0.3) is 0 Å². The number of pyridine rings is 1. The van der Waals surface area contributed by atoms with Crippen molar-refractivity contribution in [1.29, 1.82) is 0 Å². The predicted octanol–water partition coefficient (Wildman–Crippen LogP) is 17.0. The lowest BCUT2D eigenvalue weighted by Gasteiger charge is -2.30. The number of methoxy groups -OCH3 is 1. The molecule has 1 heterocycles. The zero-order valence-electron chi connectivity index (χ0n) is 48.9. The van der Waals surface area contributed by atoms with Crippen molar-refractivity contribution < 1.29 is 24.2 Å². The van der Waals surface area contributed by atoms with Crippen LogP contribution in [0.2, 0.25) is 0 Å². The molecule has 8 heteroatoms. The Morgan fingerprint density at radius 3 is 1.93 bits per heavy atom. The molecule has 8 nitrogen and oxygen atoms in total. The van der Waals surface area contributed by atoms with Gasteiger partial charge in [0.1, 0.15) is 18.8 Å². The summed E-state index contributed by atoms with van der Waals surface area (Å²) < 4.78 is 5.73. The molecule has 1 fully saturated rings. The van der Waals surface area contributed by atoms with Gasteiger partial charge in [-0.1, -0.05) is 180 Å². The highest BCUT2D eigenvalue weighted by molar-refractivity contribution is 5.94. The van der Waals surface area contributed by atoms with Crippen molar-refractivity contribution in [2.45, 2.75) is 214 Å². The van der Waals surface area contributed by atoms with Gasteiger partial charge in [-0.3, -0.25) is 9.78 Å². The fraction of sp³-hybridized carbons (Fsp3) is 0.645. The van der Waals surface area contributed by atoms with Crippen molar-refractivity contribution in [2.75, 3.05) is 20.7 Å². The van der Waals surface area contributed by atoms with Gasteiger partial charge in [-0.15, -0.1) is 0 Å². The number of nitrogens with two attached hydrogens (primary N) is 1. The van der Waals surface area contributed by atoms with E-state index in [-0.39, 0.29) is 35.0 Å². The number of hydrogen-bond donors (Lipinski definition) is 3. The molecule has 2 unspecified atom stereocenters. The van der Waals surface area contributed by atoms with Crippen LogP contribution in [0.15, 0.2) is 54.7 Å². The van der Waals surface area contributed by atoms with E-state index < -0.39 is 0 Å². The number of allylic oxidation sites excluding steroid dienone is 2. The number of hydrogen-bond acceptors (Lipinski definition) is 7. The van der Waals surface area contributed by atoms with E-state index in [9.17, 15) is 14.7 Å². The first-order chi connectivity index (χ1) is 33.3. The van der Waals surface area contributed by atoms with Crippen LogP contribution in [-0.4, -0.2) is 49.8 Å². The number of phenols is 1. The third-order valence-electron chi connectivity index (χ3n) is 12.2. The predicted molar refractivity (Wildman–Crippen MR) is 307 cm³/mol. The number of aldehydes is 1. The number of amides is 1. The molecule has 0 bridgehead atoms. The topological polar surface area (TPSA) is 132 Å². The Morgan fingerprint density at radius 1 is 0.900 bits per heavy atom. The first-order valence-electron chi connectivity index (χ1n) is 27.1. The number of nitrogens with zero attached hydrogens (tertiary/aromatic N) is 1. The van der Waals surface area contributed by atoms with E-state index in [4.69, 9.17) is 20.2 Å². The second-order valence-corrected chi connectivity index (χ2v) is 19.2. The Balaban J connectivity index is -0.000000568. The summed E-state index contributed by atoms with van der Waals surface area (Å²) in [5.41, 5.74) is 15.4. The number of aryl methyl sites for hydroxylation is 2. The highest BCUT2D eigenvalue weighted by Crippen LogP contribution is 2.44. The summed E-state index contributed by atoms with van der Waals surface area (Å²) in [7, 11) is 3.73. The molecule has 0 radical (unpaired) electrons. The molecule has 1 aromatic heterocycles. The summed E-state index contributed by atoms with van der Waals surface area (Å²) in [6.45, 7) is 41.9. The van der Waals surface area contributed by atoms with Crippen LogP contribution in [0.4, 0.5) is 0 Å². The number of rotatable bonds is 19. The van der Waals surface area contributed by atoms with Crippen molar-refractivity contribution in [1.82, 2.24) is 10.3 Å². The van der Waals surface area contributed by atoms with Crippen LogP contribution in [0, 0.1) is 36.0 Å². The number of ether oxygens (including phenoxy) is 1. The normalized spacial score (nSPS) is 12.8. The van der Waals surface area contributed by atoms with Crippen LogP contribution in [0.1, 0.15) is 229 Å². The minimum atomic E-state index is -0.132. The highest BCUT2D eigenvalue weighted by Gasteiger charge is 2.27. The summed E-state index contributed by atoms with van der Waals surface area (Å²) in [5.74, 6) is 1.91. The summed E-state index contributed by atoms with van der Waals surface area (Å²) in [6, 6.07) is 16.4. The second kappa shape index (κ2) is 44.8. The van der Waals surface area contributed by atoms with E-state index in [0.29, 0.717) is 18.8 Å². The highest BCUT2D eigenvalue weighted by atomic mass is 16.5. The fourth-order valence-electron chi connectivity index (χ4n) is 7.42. The zero-order chi connectivity index (χ0) is 54.8. The van der Waals surface area contributed by atoms with Crippen molar-refractivity contribution in [3.63, 3.8) is 0 Å². The Kier molecular flexibility index (Phi) is 46.3. The average molecular weight is 977 g/mol. The number of primary amides is 1. The molecule has 2 atom stereocenters. The average Bonchev–Trinajstić information content (AvgIpc) is 3.91. The van der Waals surface area contributed by atoms with Crippen molar-refractivity contribution in [3.8, 4) is 16.9 Å². The van der Waals surface area contributed by atoms with E-state index in [1.807, 2.05) is 60.7 Å². The molecule has 1 aliphatic carbocycles. The van der Waals surface area contributed by atoms with E-state index in [0.717, 1.165) is 53.0 Å². The van der Waals surface area contributed by atoms with Crippen LogP contribution in [0.5, 0.6) is 5.75 Å². The van der Waals surface area contributed by atoms with Crippen LogP contribution in [-0.2, 0) is 25.5 Å². The van der Waals surface area contributed by atoms with Gasteiger partial charge >= 0.3 is 0 Å². The second-order valence-electron chi connectivity index (χ2n) is 19.2. The lowest BCUT2D eigenvalue weighted by atomic mass is 9.75. The molecule has 4 N–H and O–H groups in total.